The van der Waals surface area contributed by atoms with Crippen molar-refractivity contribution >= 4 is 11.9 Å². The van der Waals surface area contributed by atoms with Crippen LogP contribution in [0.1, 0.15) is 348 Å². The molecule has 0 rings (SSSR count). The molecule has 70 heavy (non-hydrogen) atoms. The summed E-state index contributed by atoms with van der Waals surface area (Å²) in [6, 6.07) is -0.544. The van der Waals surface area contributed by atoms with Gasteiger partial charge in [-0.1, -0.05) is 308 Å². The van der Waals surface area contributed by atoms with E-state index in [1.54, 1.807) is 0 Å². The number of amides is 1. The normalized spacial score (nSPS) is 12.7. The number of aliphatic hydroxyl groups is 2. The zero-order valence-corrected chi connectivity index (χ0v) is 47.3. The highest BCUT2D eigenvalue weighted by atomic mass is 16.5. The number of hydrogen-bond acceptors (Lipinski definition) is 5. The van der Waals surface area contributed by atoms with Crippen LogP contribution in [0.15, 0.2) is 24.3 Å². The zero-order chi connectivity index (χ0) is 50.7. The highest BCUT2D eigenvalue weighted by molar-refractivity contribution is 5.76. The van der Waals surface area contributed by atoms with Crippen LogP contribution in [0.25, 0.3) is 0 Å². The van der Waals surface area contributed by atoms with E-state index in [1.807, 2.05) is 0 Å². The molecule has 0 aliphatic heterocycles. The van der Waals surface area contributed by atoms with Gasteiger partial charge >= 0.3 is 5.97 Å². The van der Waals surface area contributed by atoms with E-state index >= 15 is 0 Å². The second-order valence-electron chi connectivity index (χ2n) is 21.7. The topological polar surface area (TPSA) is 95.9 Å². The lowest BCUT2D eigenvalue weighted by Gasteiger charge is -2.22. The average molecular weight is 987 g/mol. The van der Waals surface area contributed by atoms with E-state index in [0.29, 0.717) is 25.9 Å². The zero-order valence-electron chi connectivity index (χ0n) is 47.3. The Hall–Kier alpha value is -1.66. The van der Waals surface area contributed by atoms with Gasteiger partial charge in [0.05, 0.1) is 25.4 Å². The van der Waals surface area contributed by atoms with Crippen LogP contribution in [0, 0.1) is 0 Å². The van der Waals surface area contributed by atoms with E-state index < -0.39 is 12.1 Å². The summed E-state index contributed by atoms with van der Waals surface area (Å²) in [7, 11) is 0. The van der Waals surface area contributed by atoms with Gasteiger partial charge in [-0.25, -0.2) is 0 Å². The molecule has 0 aliphatic carbocycles. The minimum Gasteiger partial charge on any atom is -0.466 e. The molecule has 0 radical (unpaired) electrons. The Bertz CT molecular complexity index is 1090. The van der Waals surface area contributed by atoms with Crippen molar-refractivity contribution in [2.75, 3.05) is 13.2 Å². The van der Waals surface area contributed by atoms with Gasteiger partial charge in [-0.3, -0.25) is 9.59 Å². The predicted octanol–water partition coefficient (Wildman–Crippen LogP) is 19.8. The second-order valence-corrected chi connectivity index (χ2v) is 21.7. The molecular formula is C64H123NO5. The van der Waals surface area contributed by atoms with Gasteiger partial charge in [0.15, 0.2) is 0 Å². The maximum absolute atomic E-state index is 12.5. The van der Waals surface area contributed by atoms with E-state index in [-0.39, 0.29) is 18.5 Å². The van der Waals surface area contributed by atoms with Gasteiger partial charge < -0.3 is 20.3 Å². The van der Waals surface area contributed by atoms with Crippen molar-refractivity contribution in [3.05, 3.63) is 24.3 Å². The number of carbonyl (C=O) groups is 2. The molecule has 6 nitrogen and oxygen atoms in total. The Balaban J connectivity index is 3.40. The molecule has 2 unspecified atom stereocenters. The SMILES string of the molecule is CCCC/C=C\C/C=C\CCCCCCCC(=O)OCCCCCCCCCCCCCCCCCCCCCCC(=O)NC(CO)C(O)CCCCCCCCCCCCCCCCCCCCC. The lowest BCUT2D eigenvalue weighted by Crippen LogP contribution is -2.45. The molecule has 0 bridgehead atoms. The highest BCUT2D eigenvalue weighted by Gasteiger charge is 2.20. The van der Waals surface area contributed by atoms with Crippen molar-refractivity contribution in [1.29, 1.82) is 0 Å². The second kappa shape index (κ2) is 59.9. The maximum atomic E-state index is 12.5. The largest absolute Gasteiger partial charge is 0.466 e. The van der Waals surface area contributed by atoms with E-state index in [4.69, 9.17) is 4.74 Å². The summed E-state index contributed by atoms with van der Waals surface area (Å²) in [4.78, 5) is 24.6. The molecule has 0 aromatic rings. The molecule has 6 heteroatoms. The number of carbonyl (C=O) groups excluding carboxylic acids is 2. The van der Waals surface area contributed by atoms with E-state index in [9.17, 15) is 19.8 Å². The fourth-order valence-corrected chi connectivity index (χ4v) is 9.89. The summed E-state index contributed by atoms with van der Waals surface area (Å²) in [5.74, 6) is -0.0373. The number of hydrogen-bond donors (Lipinski definition) is 3. The maximum Gasteiger partial charge on any atom is 0.305 e. The van der Waals surface area contributed by atoms with Crippen LogP contribution in [0.2, 0.25) is 0 Å². The summed E-state index contributed by atoms with van der Waals surface area (Å²) in [6.07, 6.45) is 73.3. The molecule has 0 aliphatic rings. The molecule has 0 saturated heterocycles. The first kappa shape index (κ1) is 68.3. The first-order valence-corrected chi connectivity index (χ1v) is 31.6. The Labute approximate surface area is 437 Å². The van der Waals surface area contributed by atoms with Crippen molar-refractivity contribution in [3.8, 4) is 0 Å². The van der Waals surface area contributed by atoms with Crippen molar-refractivity contribution in [2.24, 2.45) is 0 Å². The van der Waals surface area contributed by atoms with Gasteiger partial charge in [0.2, 0.25) is 5.91 Å². The van der Waals surface area contributed by atoms with Crippen LogP contribution >= 0.6 is 0 Å². The van der Waals surface area contributed by atoms with Crippen LogP contribution in [0.4, 0.5) is 0 Å². The van der Waals surface area contributed by atoms with Crippen molar-refractivity contribution in [3.63, 3.8) is 0 Å². The Morgan fingerprint density at radius 1 is 0.400 bits per heavy atom. The van der Waals surface area contributed by atoms with Crippen LogP contribution < -0.4 is 5.32 Å². The third-order valence-corrected chi connectivity index (χ3v) is 14.8. The summed E-state index contributed by atoms with van der Waals surface area (Å²) < 4.78 is 5.47. The molecule has 1 amide bonds. The number of rotatable bonds is 59. The van der Waals surface area contributed by atoms with Crippen LogP contribution in [0.3, 0.4) is 0 Å². The highest BCUT2D eigenvalue weighted by Crippen LogP contribution is 2.18. The third-order valence-electron chi connectivity index (χ3n) is 14.8. The van der Waals surface area contributed by atoms with Gasteiger partial charge in [-0.2, -0.15) is 0 Å². The predicted molar refractivity (Wildman–Crippen MR) is 306 cm³/mol. The molecule has 0 fully saturated rings. The van der Waals surface area contributed by atoms with Crippen LogP contribution in [-0.4, -0.2) is 47.4 Å². The van der Waals surface area contributed by atoms with Gasteiger partial charge in [0, 0.05) is 12.8 Å². The van der Waals surface area contributed by atoms with Crippen molar-refractivity contribution < 1.29 is 24.5 Å². The lowest BCUT2D eigenvalue weighted by molar-refractivity contribution is -0.143. The number of nitrogens with one attached hydrogen (secondary N) is 1. The monoisotopic (exact) mass is 986 g/mol. The van der Waals surface area contributed by atoms with Crippen molar-refractivity contribution in [1.82, 2.24) is 5.32 Å². The quantitative estimate of drug-likeness (QED) is 0.0321. The van der Waals surface area contributed by atoms with E-state index in [1.165, 1.54) is 263 Å². The fraction of sp³-hybridized carbons (Fsp3) is 0.906. The fourth-order valence-electron chi connectivity index (χ4n) is 9.89. The molecule has 0 saturated carbocycles. The number of esters is 1. The molecule has 3 N–H and O–H groups in total. The molecule has 2 atom stereocenters. The minimum atomic E-state index is -0.666. The van der Waals surface area contributed by atoms with Crippen LogP contribution in [0.5, 0.6) is 0 Å². The Morgan fingerprint density at radius 2 is 0.729 bits per heavy atom. The first-order chi connectivity index (χ1) is 34.5. The lowest BCUT2D eigenvalue weighted by atomic mass is 10.0. The standard InChI is InChI=1S/C64H123NO5/c1-3-5-7-9-11-13-15-17-19-20-23-26-29-32-36-40-44-48-52-56-62(67)61(60-66)65-63(68)57-53-49-45-41-37-33-30-27-24-21-22-25-28-31-35-39-43-47-51-55-59-70-64(69)58-54-50-46-42-38-34-18-16-14-12-10-8-6-4-2/h10,12,16,18,61-62,66-67H,3-9,11,13-15,17,19-60H2,1-2H3,(H,65,68)/b12-10-,18-16-. The number of allylic oxidation sites excluding steroid dienone is 4. The first-order valence-electron chi connectivity index (χ1n) is 31.6. The number of ether oxygens (including phenoxy) is 1. The average Bonchev–Trinajstić information content (AvgIpc) is 3.36. The summed E-state index contributed by atoms with van der Waals surface area (Å²) >= 11 is 0. The molecule has 0 spiro atoms. The van der Waals surface area contributed by atoms with E-state index in [2.05, 4.69) is 43.5 Å². The van der Waals surface area contributed by atoms with Crippen LogP contribution in [-0.2, 0) is 14.3 Å². The number of unbranched alkanes of at least 4 members (excludes halogenated alkanes) is 44. The third kappa shape index (κ3) is 55.7. The summed E-state index contributed by atoms with van der Waals surface area (Å²) in [5, 5.41) is 23.4. The molecule has 0 aromatic carbocycles. The number of aliphatic hydroxyl groups excluding tert-OH is 2. The van der Waals surface area contributed by atoms with Gasteiger partial charge in [-0.05, 0) is 51.4 Å². The molecule has 0 aromatic heterocycles. The van der Waals surface area contributed by atoms with E-state index in [0.717, 1.165) is 51.4 Å². The molecule has 414 valence electrons. The summed E-state index contributed by atoms with van der Waals surface area (Å²) in [5.41, 5.74) is 0. The van der Waals surface area contributed by atoms with Gasteiger partial charge in [0.1, 0.15) is 0 Å². The molecule has 0 heterocycles. The Morgan fingerprint density at radius 3 is 1.13 bits per heavy atom. The Kier molecular flexibility index (Phi) is 58.5. The summed E-state index contributed by atoms with van der Waals surface area (Å²) in [6.45, 7) is 4.93. The minimum absolute atomic E-state index is 0.00341. The van der Waals surface area contributed by atoms with Crippen molar-refractivity contribution in [2.45, 2.75) is 360 Å². The molecular weight excluding hydrogens is 863 g/mol. The smallest absolute Gasteiger partial charge is 0.305 e. The van der Waals surface area contributed by atoms with Gasteiger partial charge in [-0.15, -0.1) is 0 Å². The van der Waals surface area contributed by atoms with Gasteiger partial charge in [0.25, 0.3) is 0 Å².